The lowest BCUT2D eigenvalue weighted by Gasteiger charge is -2.13. The number of methoxy groups -OCH3 is 1. The van der Waals surface area contributed by atoms with Crippen LogP contribution in [0.1, 0.15) is 21.6 Å². The van der Waals surface area contributed by atoms with E-state index in [1.807, 2.05) is 36.4 Å². The van der Waals surface area contributed by atoms with Crippen LogP contribution in [-0.2, 0) is 6.61 Å². The Labute approximate surface area is 240 Å². The number of carbonyl (C=O) groups is 1. The molecule has 5 aromatic rings. The van der Waals surface area contributed by atoms with Gasteiger partial charge in [-0.2, -0.15) is 9.78 Å². The minimum atomic E-state index is -0.616. The fraction of sp³-hybridized carbons (Fsp3) is 0.0769. The Balaban J connectivity index is 1.37. The number of aromatic nitrogens is 5. The lowest BCUT2D eigenvalue weighted by molar-refractivity contribution is 0.0947. The largest absolute Gasteiger partial charge is 0.493 e. The molecule has 40 heavy (non-hydrogen) atoms. The van der Waals surface area contributed by atoms with Crippen molar-refractivity contribution >= 4 is 45.5 Å². The first kappa shape index (κ1) is 26.8. The summed E-state index contributed by atoms with van der Waals surface area (Å²) in [6.45, 7) is 0.288. The second-order valence-electron chi connectivity index (χ2n) is 8.19. The van der Waals surface area contributed by atoms with Gasteiger partial charge in [-0.05, 0) is 61.6 Å². The van der Waals surface area contributed by atoms with Crippen molar-refractivity contribution in [1.29, 1.82) is 0 Å². The number of hydrogen-bond acceptors (Lipinski definition) is 10. The van der Waals surface area contributed by atoms with Gasteiger partial charge < -0.3 is 15.2 Å². The second-order valence-corrected chi connectivity index (χ2v) is 9.48. The number of carbonyl (C=O) groups excluding carboxylic acids is 1. The highest BCUT2D eigenvalue weighted by Crippen LogP contribution is 2.37. The van der Waals surface area contributed by atoms with Crippen molar-refractivity contribution in [2.24, 2.45) is 5.10 Å². The molecule has 2 aromatic heterocycles. The van der Waals surface area contributed by atoms with Crippen LogP contribution in [0.15, 0.2) is 80.9 Å². The molecule has 3 N–H and O–H groups in total. The van der Waals surface area contributed by atoms with E-state index < -0.39 is 5.91 Å². The third-order valence-electron chi connectivity index (χ3n) is 5.53. The quantitative estimate of drug-likeness (QED) is 0.176. The van der Waals surface area contributed by atoms with Gasteiger partial charge in [0.15, 0.2) is 17.2 Å². The Morgan fingerprint density at radius 3 is 2.73 bits per heavy atom. The molecule has 0 radical (unpaired) electrons. The van der Waals surface area contributed by atoms with Gasteiger partial charge in [-0.3, -0.25) is 4.79 Å². The summed E-state index contributed by atoms with van der Waals surface area (Å²) in [7, 11) is 1.53. The Bertz CT molecular complexity index is 1690. The molecule has 5 rings (SSSR count). The summed E-state index contributed by atoms with van der Waals surface area (Å²) < 4.78 is 17.9. The minimum Gasteiger partial charge on any atom is -0.493 e. The molecule has 3 aromatic carbocycles. The third kappa shape index (κ3) is 5.80. The van der Waals surface area contributed by atoms with E-state index in [4.69, 9.17) is 26.8 Å². The molecule has 1 amide bonds. The van der Waals surface area contributed by atoms with Crippen LogP contribution < -0.4 is 20.6 Å². The van der Waals surface area contributed by atoms with Crippen molar-refractivity contribution in [2.45, 2.75) is 6.61 Å². The number of nitrogens with one attached hydrogen (secondary N) is 1. The van der Waals surface area contributed by atoms with E-state index in [9.17, 15) is 4.79 Å². The average molecular weight is 624 g/mol. The summed E-state index contributed by atoms with van der Waals surface area (Å²) in [4.78, 5) is 13.3. The normalized spacial score (nSPS) is 11.1. The van der Waals surface area contributed by atoms with Crippen molar-refractivity contribution in [2.75, 3.05) is 12.8 Å². The molecule has 0 saturated heterocycles. The van der Waals surface area contributed by atoms with E-state index in [2.05, 4.69) is 51.7 Å². The highest BCUT2D eigenvalue weighted by Gasteiger charge is 2.26. The number of hydrazone groups is 1. The van der Waals surface area contributed by atoms with Gasteiger partial charge in [-0.1, -0.05) is 59.3 Å². The second kappa shape index (κ2) is 12.0. The zero-order chi connectivity index (χ0) is 28.1. The van der Waals surface area contributed by atoms with E-state index in [0.29, 0.717) is 37.8 Å². The van der Waals surface area contributed by atoms with E-state index >= 15 is 0 Å². The van der Waals surface area contributed by atoms with Crippen molar-refractivity contribution in [3.8, 4) is 28.6 Å². The van der Waals surface area contributed by atoms with Gasteiger partial charge in [-0.25, -0.2) is 10.1 Å². The fourth-order valence-electron chi connectivity index (χ4n) is 3.72. The lowest BCUT2D eigenvalue weighted by Crippen LogP contribution is -2.22. The van der Waals surface area contributed by atoms with E-state index in [-0.39, 0.29) is 23.9 Å². The fourth-order valence-corrected chi connectivity index (χ4v) is 4.50. The molecule has 0 atom stereocenters. The first-order valence-electron chi connectivity index (χ1n) is 11.6. The molecule has 202 valence electrons. The molecule has 12 nitrogen and oxygen atoms in total. The number of amides is 1. The van der Waals surface area contributed by atoms with Crippen molar-refractivity contribution in [3.05, 3.63) is 93.0 Å². The molecule has 2 heterocycles. The van der Waals surface area contributed by atoms with Gasteiger partial charge in [0.25, 0.3) is 5.91 Å². The average Bonchev–Trinajstić information content (AvgIpc) is 3.58. The predicted molar refractivity (Wildman–Crippen MR) is 151 cm³/mol. The van der Waals surface area contributed by atoms with Gasteiger partial charge in [0, 0.05) is 10.6 Å². The highest BCUT2D eigenvalue weighted by atomic mass is 79.9. The number of ether oxygens (including phenoxy) is 2. The summed E-state index contributed by atoms with van der Waals surface area (Å²) >= 11 is 9.58. The Kier molecular flexibility index (Phi) is 8.03. The number of anilines is 1. The van der Waals surface area contributed by atoms with Crippen molar-refractivity contribution in [3.63, 3.8) is 0 Å². The Morgan fingerprint density at radius 1 is 1.18 bits per heavy atom. The summed E-state index contributed by atoms with van der Waals surface area (Å²) in [5, 5.41) is 20.2. The van der Waals surface area contributed by atoms with Gasteiger partial charge in [0.05, 0.1) is 17.8 Å². The van der Waals surface area contributed by atoms with E-state index in [1.165, 1.54) is 13.3 Å². The number of nitrogens with zero attached hydrogens (tertiary/aromatic N) is 6. The predicted octanol–water partition coefficient (Wildman–Crippen LogP) is 4.67. The van der Waals surface area contributed by atoms with E-state index in [1.54, 1.807) is 30.3 Å². The first-order chi connectivity index (χ1) is 19.4. The molecule has 0 unspecified atom stereocenters. The van der Waals surface area contributed by atoms with Gasteiger partial charge in [0.2, 0.25) is 11.6 Å². The van der Waals surface area contributed by atoms with Crippen molar-refractivity contribution in [1.82, 2.24) is 30.7 Å². The summed E-state index contributed by atoms with van der Waals surface area (Å²) in [6, 6.07) is 19.9. The maximum absolute atomic E-state index is 13.3. The molecule has 14 heteroatoms. The number of nitrogen functional groups attached to an aromatic ring is 1. The molecular weight excluding hydrogens is 604 g/mol. The van der Waals surface area contributed by atoms with Gasteiger partial charge in [-0.15, -0.1) is 5.10 Å². The van der Waals surface area contributed by atoms with Crippen LogP contribution >= 0.6 is 27.5 Å². The zero-order valence-electron chi connectivity index (χ0n) is 20.8. The zero-order valence-corrected chi connectivity index (χ0v) is 23.1. The Morgan fingerprint density at radius 2 is 2.00 bits per heavy atom. The topological polar surface area (TPSA) is 156 Å². The van der Waals surface area contributed by atoms with Crippen LogP contribution in [0.25, 0.3) is 17.1 Å². The van der Waals surface area contributed by atoms with Crippen LogP contribution in [0.3, 0.4) is 0 Å². The highest BCUT2D eigenvalue weighted by molar-refractivity contribution is 9.10. The summed E-state index contributed by atoms with van der Waals surface area (Å²) in [6.07, 6.45) is 1.45. The van der Waals surface area contributed by atoms with Crippen molar-refractivity contribution < 1.29 is 18.9 Å². The smallest absolute Gasteiger partial charge is 0.292 e. The Hall–Kier alpha value is -4.75. The maximum Gasteiger partial charge on any atom is 0.292 e. The number of halogens is 2. The summed E-state index contributed by atoms with van der Waals surface area (Å²) in [5.41, 5.74) is 10.8. The molecular formula is C26H20BrClN8O4. The van der Waals surface area contributed by atoms with Crippen LogP contribution in [0.5, 0.6) is 11.5 Å². The number of benzene rings is 3. The molecule has 0 bridgehead atoms. The molecule has 0 fully saturated rings. The van der Waals surface area contributed by atoms with Crippen LogP contribution in [0.2, 0.25) is 5.02 Å². The minimum absolute atomic E-state index is 0.0193. The molecule has 0 saturated carbocycles. The third-order valence-corrected chi connectivity index (χ3v) is 6.36. The standard InChI is InChI=1S/C26H20BrClN8O4/c1-38-20-12-16(11-19(27)23(20)39-14-15-6-5-9-18(28)10-15)13-30-32-26(37)22-21(17-7-3-2-4-8-17)31-35-36(22)25-24(29)33-40-34-25/h2-13H,14H2,1H3,(H2,29,33)(H,32,37)/b30-13+. The lowest BCUT2D eigenvalue weighted by atomic mass is 10.1. The first-order valence-corrected chi connectivity index (χ1v) is 12.8. The van der Waals surface area contributed by atoms with E-state index in [0.717, 1.165) is 10.2 Å². The van der Waals surface area contributed by atoms with Gasteiger partial charge in [0.1, 0.15) is 12.3 Å². The number of nitrogens with two attached hydrogens (primary N) is 1. The monoisotopic (exact) mass is 622 g/mol. The van der Waals surface area contributed by atoms with Gasteiger partial charge >= 0.3 is 0 Å². The maximum atomic E-state index is 13.3. The van der Waals surface area contributed by atoms with Crippen LogP contribution in [0, 0.1) is 0 Å². The molecule has 0 aliphatic carbocycles. The van der Waals surface area contributed by atoms with Crippen LogP contribution in [-0.4, -0.2) is 44.5 Å². The molecule has 0 spiro atoms. The molecule has 0 aliphatic heterocycles. The van der Waals surface area contributed by atoms with Crippen LogP contribution in [0.4, 0.5) is 5.82 Å². The number of hydrogen-bond donors (Lipinski definition) is 2. The SMILES string of the molecule is COc1cc(/C=N/NC(=O)c2c(-c3ccccc3)nnn2-c2nonc2N)cc(Br)c1OCc1cccc(Cl)c1. The number of rotatable bonds is 9. The molecule has 0 aliphatic rings. The summed E-state index contributed by atoms with van der Waals surface area (Å²) in [5.74, 6) is 0.314.